The maximum absolute atomic E-state index is 11.6. The van der Waals surface area contributed by atoms with Crippen LogP contribution in [0, 0.1) is 0 Å². The quantitative estimate of drug-likeness (QED) is 0.311. The van der Waals surface area contributed by atoms with Gasteiger partial charge in [0.2, 0.25) is 5.91 Å². The number of nitrogens with two attached hydrogens (primary N) is 1. The molecule has 0 saturated heterocycles. The summed E-state index contributed by atoms with van der Waals surface area (Å²) in [6, 6.07) is -4.06. The van der Waals surface area contributed by atoms with Crippen LogP contribution in [-0.2, 0) is 20.8 Å². The van der Waals surface area contributed by atoms with E-state index < -0.39 is 42.0 Å². The zero-order chi connectivity index (χ0) is 17.6. The van der Waals surface area contributed by atoms with E-state index in [2.05, 4.69) is 20.6 Å². The van der Waals surface area contributed by atoms with E-state index in [1.807, 2.05) is 0 Å². The summed E-state index contributed by atoms with van der Waals surface area (Å²) in [5, 5.41) is 23.5. The number of imidazole rings is 1. The molecule has 128 valence electrons. The highest BCUT2D eigenvalue weighted by Gasteiger charge is 2.31. The summed E-state index contributed by atoms with van der Waals surface area (Å²) in [7, 11) is 0. The first kappa shape index (κ1) is 18.6. The fourth-order valence-corrected chi connectivity index (χ4v) is 1.93. The average molecular weight is 327 g/mol. The van der Waals surface area contributed by atoms with Crippen LogP contribution in [0.5, 0.6) is 0 Å². The first-order chi connectivity index (χ1) is 10.7. The minimum Gasteiger partial charge on any atom is -0.480 e. The maximum Gasteiger partial charge on any atom is 0.327 e. The molecular weight excluding hydrogens is 306 g/mol. The topological polar surface area (TPSA) is 170 Å². The molecule has 1 rings (SSSR count). The number of aromatic amines is 1. The predicted octanol–water partition coefficient (Wildman–Crippen LogP) is -1.70. The Morgan fingerprint density at radius 3 is 2.39 bits per heavy atom. The lowest BCUT2D eigenvalue weighted by molar-refractivity contribution is -0.144. The second-order valence-corrected chi connectivity index (χ2v) is 5.24. The molecular formula is C13H21N5O5. The van der Waals surface area contributed by atoms with Gasteiger partial charge in [0.25, 0.3) is 0 Å². The number of H-pyrrole nitrogens is 1. The summed E-state index contributed by atoms with van der Waals surface area (Å²) in [6.07, 6.45) is 2.99. The van der Waals surface area contributed by atoms with Crippen molar-refractivity contribution in [2.75, 3.05) is 0 Å². The van der Waals surface area contributed by atoms with Crippen molar-refractivity contribution in [2.24, 2.45) is 5.73 Å². The molecule has 7 N–H and O–H groups in total. The molecule has 4 atom stereocenters. The third-order valence-corrected chi connectivity index (χ3v) is 3.22. The van der Waals surface area contributed by atoms with Crippen LogP contribution >= 0.6 is 0 Å². The summed E-state index contributed by atoms with van der Waals surface area (Å²) in [4.78, 5) is 40.8. The van der Waals surface area contributed by atoms with Gasteiger partial charge in [0.05, 0.1) is 12.4 Å². The largest absolute Gasteiger partial charge is 0.480 e. The monoisotopic (exact) mass is 327 g/mol. The van der Waals surface area contributed by atoms with Crippen molar-refractivity contribution in [3.8, 4) is 0 Å². The number of amides is 1. The highest BCUT2D eigenvalue weighted by atomic mass is 16.4. The summed E-state index contributed by atoms with van der Waals surface area (Å²) < 4.78 is 0. The molecule has 0 aliphatic heterocycles. The fourth-order valence-electron chi connectivity index (χ4n) is 1.93. The standard InChI is InChI=1S/C13H21N5O5/c1-6(14)11(19)18-10(13(22)23)7(2)17-9(12(20)21)3-8-4-15-5-16-8/h4-7,9-10,17H,3,14H2,1-2H3,(H,15,16)(H,18,19)(H,20,21)(H,22,23)/t6-,7-,9+,10+/m1/s1. The van der Waals surface area contributed by atoms with Crippen LogP contribution in [-0.4, -0.2) is 62.2 Å². The maximum atomic E-state index is 11.6. The fraction of sp³-hybridized carbons (Fsp3) is 0.538. The molecule has 0 fully saturated rings. The van der Waals surface area contributed by atoms with Crippen molar-refractivity contribution in [3.63, 3.8) is 0 Å². The van der Waals surface area contributed by atoms with E-state index in [1.54, 1.807) is 0 Å². The lowest BCUT2D eigenvalue weighted by atomic mass is 10.1. The molecule has 0 unspecified atom stereocenters. The van der Waals surface area contributed by atoms with Gasteiger partial charge in [-0.05, 0) is 13.8 Å². The predicted molar refractivity (Wildman–Crippen MR) is 79.5 cm³/mol. The lowest BCUT2D eigenvalue weighted by Crippen LogP contribution is -2.58. The van der Waals surface area contributed by atoms with Crippen molar-refractivity contribution >= 4 is 17.8 Å². The van der Waals surface area contributed by atoms with Crippen LogP contribution in [0.25, 0.3) is 0 Å². The molecule has 1 heterocycles. The Morgan fingerprint density at radius 2 is 1.96 bits per heavy atom. The molecule has 10 heteroatoms. The van der Waals surface area contributed by atoms with Crippen LogP contribution in [0.15, 0.2) is 12.5 Å². The number of carbonyl (C=O) groups is 3. The number of aromatic nitrogens is 2. The van der Waals surface area contributed by atoms with E-state index in [9.17, 15) is 24.6 Å². The van der Waals surface area contributed by atoms with E-state index in [1.165, 1.54) is 26.4 Å². The van der Waals surface area contributed by atoms with E-state index in [0.717, 1.165) is 0 Å². The lowest BCUT2D eigenvalue weighted by Gasteiger charge is -2.26. The van der Waals surface area contributed by atoms with E-state index in [0.29, 0.717) is 5.69 Å². The highest BCUT2D eigenvalue weighted by molar-refractivity contribution is 5.87. The number of hydrogen-bond acceptors (Lipinski definition) is 6. The Balaban J connectivity index is 2.77. The molecule has 0 radical (unpaired) electrons. The Bertz CT molecular complexity index is 545. The van der Waals surface area contributed by atoms with Gasteiger partial charge in [-0.15, -0.1) is 0 Å². The van der Waals surface area contributed by atoms with Crippen LogP contribution in [0.3, 0.4) is 0 Å². The molecule has 0 bridgehead atoms. The smallest absolute Gasteiger partial charge is 0.327 e. The Labute approximate surface area is 132 Å². The Morgan fingerprint density at radius 1 is 1.30 bits per heavy atom. The molecule has 0 aliphatic rings. The van der Waals surface area contributed by atoms with Crippen LogP contribution in [0.1, 0.15) is 19.5 Å². The van der Waals surface area contributed by atoms with Crippen LogP contribution in [0.2, 0.25) is 0 Å². The summed E-state index contributed by atoms with van der Waals surface area (Å²) in [6.45, 7) is 2.90. The number of hydrogen-bond donors (Lipinski definition) is 6. The average Bonchev–Trinajstić information content (AvgIpc) is 2.95. The van der Waals surface area contributed by atoms with E-state index in [4.69, 9.17) is 5.73 Å². The number of carboxylic acid groups (broad SMARTS) is 2. The summed E-state index contributed by atoms with van der Waals surface area (Å²) in [5.41, 5.74) is 5.98. The SMILES string of the molecule is C[C@@H](N)C(=O)N[C@H](C(=O)O)[C@@H](C)N[C@@H](Cc1cnc[nH]1)C(=O)O. The number of nitrogens with zero attached hydrogens (tertiary/aromatic N) is 1. The van der Waals surface area contributed by atoms with Gasteiger partial charge in [-0.2, -0.15) is 0 Å². The second-order valence-electron chi connectivity index (χ2n) is 5.24. The van der Waals surface area contributed by atoms with Crippen LogP contribution in [0.4, 0.5) is 0 Å². The normalized spacial score (nSPS) is 16.1. The minimum atomic E-state index is -1.31. The van der Waals surface area contributed by atoms with Crippen molar-refractivity contribution in [3.05, 3.63) is 18.2 Å². The van der Waals surface area contributed by atoms with Gasteiger partial charge in [-0.1, -0.05) is 0 Å². The highest BCUT2D eigenvalue weighted by Crippen LogP contribution is 2.03. The van der Waals surface area contributed by atoms with Gasteiger partial charge in [-0.3, -0.25) is 14.9 Å². The third-order valence-electron chi connectivity index (χ3n) is 3.22. The molecule has 1 aromatic rings. The molecule has 0 spiro atoms. The van der Waals surface area contributed by atoms with Gasteiger partial charge < -0.3 is 26.2 Å². The number of carbonyl (C=O) groups excluding carboxylic acids is 1. The first-order valence-electron chi connectivity index (χ1n) is 6.97. The Kier molecular flexibility index (Phi) is 6.66. The second kappa shape index (κ2) is 8.25. The van der Waals surface area contributed by atoms with Crippen molar-refractivity contribution in [1.29, 1.82) is 0 Å². The molecule has 10 nitrogen and oxygen atoms in total. The number of carboxylic acids is 2. The summed E-state index contributed by atoms with van der Waals surface area (Å²) in [5.74, 6) is -3.06. The number of nitrogens with one attached hydrogen (secondary N) is 3. The number of rotatable bonds is 9. The van der Waals surface area contributed by atoms with E-state index >= 15 is 0 Å². The molecule has 1 amide bonds. The first-order valence-corrected chi connectivity index (χ1v) is 6.97. The van der Waals surface area contributed by atoms with Gasteiger partial charge in [0.15, 0.2) is 0 Å². The minimum absolute atomic E-state index is 0.0905. The molecule has 23 heavy (non-hydrogen) atoms. The number of aliphatic carboxylic acids is 2. The van der Waals surface area contributed by atoms with Gasteiger partial charge in [0, 0.05) is 24.4 Å². The zero-order valence-electron chi connectivity index (χ0n) is 12.8. The van der Waals surface area contributed by atoms with Crippen molar-refractivity contribution in [1.82, 2.24) is 20.6 Å². The van der Waals surface area contributed by atoms with Crippen LogP contribution < -0.4 is 16.4 Å². The van der Waals surface area contributed by atoms with E-state index in [-0.39, 0.29) is 6.42 Å². The Hall–Kier alpha value is -2.46. The summed E-state index contributed by atoms with van der Waals surface area (Å²) >= 11 is 0. The zero-order valence-corrected chi connectivity index (χ0v) is 12.8. The molecule has 1 aromatic heterocycles. The molecule has 0 aromatic carbocycles. The molecule has 0 aliphatic carbocycles. The van der Waals surface area contributed by atoms with Crippen molar-refractivity contribution < 1.29 is 24.6 Å². The third kappa shape index (κ3) is 5.68. The van der Waals surface area contributed by atoms with Gasteiger partial charge >= 0.3 is 11.9 Å². The van der Waals surface area contributed by atoms with Crippen molar-refractivity contribution in [2.45, 2.75) is 44.4 Å². The van der Waals surface area contributed by atoms with Gasteiger partial charge in [0.1, 0.15) is 12.1 Å². The molecule has 0 saturated carbocycles. The van der Waals surface area contributed by atoms with Gasteiger partial charge in [-0.25, -0.2) is 9.78 Å².